The van der Waals surface area contributed by atoms with Crippen molar-refractivity contribution in [1.82, 2.24) is 10.1 Å². The fraction of sp³-hybridized carbons (Fsp3) is 0.421. The largest absolute Gasteiger partial charge is 0.482 e. The third-order valence-corrected chi connectivity index (χ3v) is 5.10. The Morgan fingerprint density at radius 2 is 2.12 bits per heavy atom. The van der Waals surface area contributed by atoms with Crippen molar-refractivity contribution in [2.45, 2.75) is 32.7 Å². The van der Waals surface area contributed by atoms with Gasteiger partial charge in [0.15, 0.2) is 6.61 Å². The zero-order valence-corrected chi connectivity index (χ0v) is 14.9. The van der Waals surface area contributed by atoms with E-state index in [1.165, 1.54) is 4.90 Å². The molecular formula is C19H21N3O4. The Labute approximate surface area is 151 Å². The van der Waals surface area contributed by atoms with Crippen LogP contribution in [0.25, 0.3) is 0 Å². The van der Waals surface area contributed by atoms with Gasteiger partial charge in [-0.05, 0) is 38.8 Å². The summed E-state index contributed by atoms with van der Waals surface area (Å²) in [5.41, 5.74) is 2.45. The Morgan fingerprint density at radius 3 is 2.88 bits per heavy atom. The molecule has 0 saturated carbocycles. The van der Waals surface area contributed by atoms with Crippen LogP contribution in [0.15, 0.2) is 28.8 Å². The summed E-state index contributed by atoms with van der Waals surface area (Å²) in [6.45, 7) is 4.41. The van der Waals surface area contributed by atoms with Crippen molar-refractivity contribution < 1.29 is 18.8 Å². The van der Waals surface area contributed by atoms with E-state index in [4.69, 9.17) is 9.26 Å². The third-order valence-electron chi connectivity index (χ3n) is 5.10. The van der Waals surface area contributed by atoms with Gasteiger partial charge in [0.2, 0.25) is 5.91 Å². The van der Waals surface area contributed by atoms with Gasteiger partial charge < -0.3 is 14.2 Å². The molecule has 2 aromatic rings. The number of benzene rings is 1. The lowest BCUT2D eigenvalue weighted by molar-refractivity contribution is -0.132. The van der Waals surface area contributed by atoms with Gasteiger partial charge in [0.25, 0.3) is 5.91 Å². The molecule has 0 aliphatic carbocycles. The van der Waals surface area contributed by atoms with E-state index in [-0.39, 0.29) is 31.0 Å². The number of hydrogen-bond acceptors (Lipinski definition) is 5. The van der Waals surface area contributed by atoms with Crippen LogP contribution in [0.1, 0.15) is 35.9 Å². The molecule has 0 radical (unpaired) electrons. The molecule has 0 unspecified atom stereocenters. The van der Waals surface area contributed by atoms with Crippen molar-refractivity contribution >= 4 is 17.5 Å². The average Bonchev–Trinajstić information content (AvgIpc) is 3.23. The van der Waals surface area contributed by atoms with Gasteiger partial charge in [-0.3, -0.25) is 14.5 Å². The SMILES string of the molecule is Cc1noc(C)c1[C@@H]1CCCN1C(=O)CN1C(=O)COc2ccccc21. The lowest BCUT2D eigenvalue weighted by Gasteiger charge is -2.32. The summed E-state index contributed by atoms with van der Waals surface area (Å²) < 4.78 is 10.7. The molecule has 4 rings (SSSR count). The van der Waals surface area contributed by atoms with E-state index in [1.54, 1.807) is 6.07 Å². The van der Waals surface area contributed by atoms with E-state index < -0.39 is 0 Å². The number of ether oxygens (including phenoxy) is 1. The second-order valence-electron chi connectivity index (χ2n) is 6.72. The Bertz CT molecular complexity index is 841. The Hall–Kier alpha value is -2.83. The molecule has 2 aliphatic heterocycles. The number of amides is 2. The topological polar surface area (TPSA) is 75.9 Å². The van der Waals surface area contributed by atoms with Gasteiger partial charge in [0, 0.05) is 12.1 Å². The quantitative estimate of drug-likeness (QED) is 0.845. The lowest BCUT2D eigenvalue weighted by Crippen LogP contribution is -2.46. The van der Waals surface area contributed by atoms with E-state index in [9.17, 15) is 9.59 Å². The third kappa shape index (κ3) is 2.73. The zero-order chi connectivity index (χ0) is 18.3. The summed E-state index contributed by atoms with van der Waals surface area (Å²) in [6.07, 6.45) is 1.80. The Balaban J connectivity index is 1.57. The summed E-state index contributed by atoms with van der Waals surface area (Å²) in [7, 11) is 0. The first-order chi connectivity index (χ1) is 12.6. The van der Waals surface area contributed by atoms with Crippen LogP contribution < -0.4 is 9.64 Å². The van der Waals surface area contributed by atoms with Crippen LogP contribution in [0.3, 0.4) is 0 Å². The van der Waals surface area contributed by atoms with Crippen LogP contribution in [0, 0.1) is 13.8 Å². The highest BCUT2D eigenvalue weighted by atomic mass is 16.5. The zero-order valence-electron chi connectivity index (χ0n) is 14.9. The van der Waals surface area contributed by atoms with Crippen LogP contribution in [0.5, 0.6) is 5.75 Å². The molecule has 1 fully saturated rings. The number of fused-ring (bicyclic) bond motifs is 1. The molecule has 0 N–H and O–H groups in total. The Morgan fingerprint density at radius 1 is 1.31 bits per heavy atom. The number of hydrogen-bond donors (Lipinski definition) is 0. The number of para-hydroxylation sites is 2. The molecule has 2 aliphatic rings. The molecule has 7 heteroatoms. The minimum Gasteiger partial charge on any atom is -0.482 e. The number of carbonyl (C=O) groups excluding carboxylic acids is 2. The fourth-order valence-electron chi connectivity index (χ4n) is 3.88. The summed E-state index contributed by atoms with van der Waals surface area (Å²) >= 11 is 0. The van der Waals surface area contributed by atoms with Crippen LogP contribution in [0.2, 0.25) is 0 Å². The molecule has 1 atom stereocenters. The second kappa shape index (κ2) is 6.48. The van der Waals surface area contributed by atoms with Gasteiger partial charge in [0.1, 0.15) is 18.1 Å². The molecule has 0 bridgehead atoms. The highest BCUT2D eigenvalue weighted by Crippen LogP contribution is 2.36. The number of carbonyl (C=O) groups is 2. The molecule has 1 aromatic carbocycles. The molecule has 26 heavy (non-hydrogen) atoms. The maximum Gasteiger partial charge on any atom is 0.265 e. The van der Waals surface area contributed by atoms with Crippen LogP contribution >= 0.6 is 0 Å². The number of rotatable bonds is 3. The predicted octanol–water partition coefficient (Wildman–Crippen LogP) is 2.38. The highest BCUT2D eigenvalue weighted by Gasteiger charge is 2.36. The van der Waals surface area contributed by atoms with Crippen LogP contribution in [-0.2, 0) is 9.59 Å². The second-order valence-corrected chi connectivity index (χ2v) is 6.72. The highest BCUT2D eigenvalue weighted by molar-refractivity contribution is 6.02. The summed E-state index contributed by atoms with van der Waals surface area (Å²) in [4.78, 5) is 28.7. The molecule has 1 aromatic heterocycles. The molecule has 2 amide bonds. The first kappa shape index (κ1) is 16.6. The number of anilines is 1. The molecule has 136 valence electrons. The van der Waals surface area contributed by atoms with E-state index in [2.05, 4.69) is 5.16 Å². The molecule has 1 saturated heterocycles. The van der Waals surface area contributed by atoms with Gasteiger partial charge >= 0.3 is 0 Å². The first-order valence-corrected chi connectivity index (χ1v) is 8.80. The van der Waals surface area contributed by atoms with Gasteiger partial charge in [-0.1, -0.05) is 17.3 Å². The van der Waals surface area contributed by atoms with Gasteiger partial charge in [-0.15, -0.1) is 0 Å². The van der Waals surface area contributed by atoms with Crippen molar-refractivity contribution in [1.29, 1.82) is 0 Å². The summed E-state index contributed by atoms with van der Waals surface area (Å²) in [6, 6.07) is 7.25. The number of nitrogens with zero attached hydrogens (tertiary/aromatic N) is 3. The average molecular weight is 355 g/mol. The fourth-order valence-corrected chi connectivity index (χ4v) is 3.88. The van der Waals surface area contributed by atoms with Gasteiger partial charge in [-0.25, -0.2) is 0 Å². The van der Waals surface area contributed by atoms with Crippen molar-refractivity contribution in [2.24, 2.45) is 0 Å². The number of aryl methyl sites for hydroxylation is 2. The van der Waals surface area contributed by atoms with Crippen LogP contribution in [-0.4, -0.2) is 41.6 Å². The molecule has 0 spiro atoms. The van der Waals surface area contributed by atoms with Crippen LogP contribution in [0.4, 0.5) is 5.69 Å². The lowest BCUT2D eigenvalue weighted by atomic mass is 10.0. The molecule has 3 heterocycles. The minimum absolute atomic E-state index is 0.0130. The van der Waals surface area contributed by atoms with Crippen molar-refractivity contribution in [3.05, 3.63) is 41.3 Å². The van der Waals surface area contributed by atoms with Gasteiger partial charge in [0.05, 0.1) is 17.4 Å². The van der Waals surface area contributed by atoms with Crippen molar-refractivity contribution in [3.8, 4) is 5.75 Å². The number of likely N-dealkylation sites (tertiary alicyclic amines) is 1. The van der Waals surface area contributed by atoms with E-state index in [1.807, 2.05) is 36.9 Å². The Kier molecular flexibility index (Phi) is 4.14. The first-order valence-electron chi connectivity index (χ1n) is 8.80. The van der Waals surface area contributed by atoms with E-state index in [0.717, 1.165) is 29.9 Å². The van der Waals surface area contributed by atoms with Crippen molar-refractivity contribution in [2.75, 3.05) is 24.6 Å². The standard InChI is InChI=1S/C19H21N3O4/c1-12-19(13(2)26-20-12)15-7-5-9-21(15)17(23)10-22-14-6-3-4-8-16(14)25-11-18(22)24/h3-4,6,8,15H,5,7,9-11H2,1-2H3/t15-/m0/s1. The van der Waals surface area contributed by atoms with E-state index in [0.29, 0.717) is 18.0 Å². The molecule has 7 nitrogen and oxygen atoms in total. The van der Waals surface area contributed by atoms with Crippen molar-refractivity contribution in [3.63, 3.8) is 0 Å². The maximum atomic E-state index is 13.0. The van der Waals surface area contributed by atoms with E-state index >= 15 is 0 Å². The monoisotopic (exact) mass is 355 g/mol. The predicted molar refractivity (Wildman–Crippen MR) is 94.0 cm³/mol. The normalized spacial score (nSPS) is 19.5. The minimum atomic E-state index is -0.204. The smallest absolute Gasteiger partial charge is 0.265 e. The number of aromatic nitrogens is 1. The molecular weight excluding hydrogens is 334 g/mol. The van der Waals surface area contributed by atoms with Gasteiger partial charge in [-0.2, -0.15) is 0 Å². The maximum absolute atomic E-state index is 13.0. The summed E-state index contributed by atoms with van der Waals surface area (Å²) in [5, 5.41) is 4.02. The summed E-state index contributed by atoms with van der Waals surface area (Å²) in [5.74, 6) is 1.10.